The topological polar surface area (TPSA) is 58.6 Å². The number of rotatable bonds is 3. The minimum Gasteiger partial charge on any atom is -0.392 e. The number of aliphatic hydroxyl groups is 1. The Morgan fingerprint density at radius 1 is 1.62 bits per heavy atom. The third kappa shape index (κ3) is 3.74. The molecule has 0 aliphatic carbocycles. The molecule has 2 N–H and O–H groups in total. The summed E-state index contributed by atoms with van der Waals surface area (Å²) in [6.07, 6.45) is 1.13. The van der Waals surface area contributed by atoms with Crippen LogP contribution in [0.2, 0.25) is 0 Å². The summed E-state index contributed by atoms with van der Waals surface area (Å²) in [5.41, 5.74) is 0. The summed E-state index contributed by atoms with van der Waals surface area (Å²) < 4.78 is 5.15. The molecular weight excluding hydrogens is 170 g/mol. The Labute approximate surface area is 78.3 Å². The first-order valence-electron chi connectivity index (χ1n) is 4.73. The van der Waals surface area contributed by atoms with E-state index in [2.05, 4.69) is 5.32 Å². The van der Waals surface area contributed by atoms with E-state index in [0.717, 1.165) is 12.8 Å². The van der Waals surface area contributed by atoms with E-state index in [9.17, 15) is 4.79 Å². The van der Waals surface area contributed by atoms with Gasteiger partial charge in [0.15, 0.2) is 0 Å². The molecule has 0 aromatic carbocycles. The van der Waals surface area contributed by atoms with Crippen molar-refractivity contribution in [1.82, 2.24) is 5.32 Å². The summed E-state index contributed by atoms with van der Waals surface area (Å²) >= 11 is 0. The Morgan fingerprint density at radius 2 is 2.23 bits per heavy atom. The summed E-state index contributed by atoms with van der Waals surface area (Å²) in [6.45, 7) is 3.35. The Bertz CT molecular complexity index is 164. The van der Waals surface area contributed by atoms with Gasteiger partial charge >= 0.3 is 0 Å². The van der Waals surface area contributed by atoms with Gasteiger partial charge < -0.3 is 15.2 Å². The van der Waals surface area contributed by atoms with E-state index in [0.29, 0.717) is 19.8 Å². The van der Waals surface area contributed by atoms with Gasteiger partial charge in [-0.2, -0.15) is 0 Å². The molecule has 1 saturated heterocycles. The Kier molecular flexibility index (Phi) is 4.18. The van der Waals surface area contributed by atoms with Gasteiger partial charge in [-0.1, -0.05) is 0 Å². The van der Waals surface area contributed by atoms with Gasteiger partial charge in [0, 0.05) is 25.7 Å². The number of hydrogen-bond donors (Lipinski definition) is 2. The summed E-state index contributed by atoms with van der Waals surface area (Å²) in [5.74, 6) is 0.122. The predicted molar refractivity (Wildman–Crippen MR) is 48.2 cm³/mol. The van der Waals surface area contributed by atoms with Crippen molar-refractivity contribution in [3.05, 3.63) is 0 Å². The molecule has 1 aliphatic rings. The second kappa shape index (κ2) is 5.19. The van der Waals surface area contributed by atoms with Gasteiger partial charge in [-0.05, 0) is 19.8 Å². The maximum absolute atomic E-state index is 11.4. The normalized spacial score (nSPS) is 21.1. The molecule has 0 aromatic rings. The first-order chi connectivity index (χ1) is 6.20. The third-order valence-electron chi connectivity index (χ3n) is 2.16. The molecule has 0 bridgehead atoms. The standard InChI is InChI=1S/C9H17NO3/c1-7(11)6-10-9(12)8-2-4-13-5-3-8/h7-8,11H,2-6H2,1H3,(H,10,12)/t7-/m1/s1. The van der Waals surface area contributed by atoms with Gasteiger partial charge in [0.2, 0.25) is 5.91 Å². The van der Waals surface area contributed by atoms with Gasteiger partial charge in [-0.15, -0.1) is 0 Å². The fourth-order valence-electron chi connectivity index (χ4n) is 1.35. The maximum Gasteiger partial charge on any atom is 0.223 e. The number of ether oxygens (including phenoxy) is 1. The van der Waals surface area contributed by atoms with Crippen molar-refractivity contribution in [3.63, 3.8) is 0 Å². The highest BCUT2D eigenvalue weighted by atomic mass is 16.5. The molecule has 0 radical (unpaired) electrons. The summed E-state index contributed by atoms with van der Waals surface area (Å²) in [7, 11) is 0. The minimum absolute atomic E-state index is 0.0456. The van der Waals surface area contributed by atoms with Gasteiger partial charge in [0.05, 0.1) is 6.10 Å². The number of hydrogen-bond acceptors (Lipinski definition) is 3. The van der Waals surface area contributed by atoms with Crippen LogP contribution in [0.15, 0.2) is 0 Å². The van der Waals surface area contributed by atoms with Crippen LogP contribution < -0.4 is 5.32 Å². The molecule has 13 heavy (non-hydrogen) atoms. The molecule has 1 amide bonds. The van der Waals surface area contributed by atoms with Crippen molar-refractivity contribution in [2.24, 2.45) is 5.92 Å². The van der Waals surface area contributed by atoms with E-state index >= 15 is 0 Å². The molecule has 0 spiro atoms. The summed E-state index contributed by atoms with van der Waals surface area (Å²) in [4.78, 5) is 11.4. The van der Waals surface area contributed by atoms with Crippen LogP contribution in [0.4, 0.5) is 0 Å². The second-order valence-corrected chi connectivity index (χ2v) is 3.48. The lowest BCUT2D eigenvalue weighted by Gasteiger charge is -2.21. The van der Waals surface area contributed by atoms with Gasteiger partial charge in [-0.25, -0.2) is 0 Å². The number of carbonyl (C=O) groups is 1. The molecule has 0 unspecified atom stereocenters. The zero-order chi connectivity index (χ0) is 9.68. The number of carbonyl (C=O) groups excluding carboxylic acids is 1. The second-order valence-electron chi connectivity index (χ2n) is 3.48. The summed E-state index contributed by atoms with van der Waals surface area (Å²) in [5, 5.41) is 11.7. The molecule has 1 fully saturated rings. The van der Waals surface area contributed by atoms with Gasteiger partial charge in [-0.3, -0.25) is 4.79 Å². The van der Waals surface area contributed by atoms with Crippen molar-refractivity contribution in [2.45, 2.75) is 25.9 Å². The van der Waals surface area contributed by atoms with Crippen LogP contribution in [0.1, 0.15) is 19.8 Å². The van der Waals surface area contributed by atoms with Crippen LogP contribution in [0.25, 0.3) is 0 Å². The molecule has 0 aromatic heterocycles. The molecular formula is C9H17NO3. The SMILES string of the molecule is C[C@@H](O)CNC(=O)C1CCOCC1. The number of amides is 1. The Balaban J connectivity index is 2.21. The highest BCUT2D eigenvalue weighted by molar-refractivity contribution is 5.78. The molecule has 76 valence electrons. The number of aliphatic hydroxyl groups excluding tert-OH is 1. The van der Waals surface area contributed by atoms with Crippen molar-refractivity contribution in [1.29, 1.82) is 0 Å². The summed E-state index contributed by atoms with van der Waals surface area (Å²) in [6, 6.07) is 0. The van der Waals surface area contributed by atoms with E-state index in [1.54, 1.807) is 6.92 Å². The van der Waals surface area contributed by atoms with Crippen LogP contribution in [0.5, 0.6) is 0 Å². The minimum atomic E-state index is -0.469. The molecule has 1 heterocycles. The van der Waals surface area contributed by atoms with E-state index in [-0.39, 0.29) is 11.8 Å². The average Bonchev–Trinajstić information content (AvgIpc) is 2.15. The van der Waals surface area contributed by atoms with Crippen LogP contribution in [-0.4, -0.2) is 36.9 Å². The van der Waals surface area contributed by atoms with Crippen LogP contribution >= 0.6 is 0 Å². The van der Waals surface area contributed by atoms with Crippen LogP contribution in [0.3, 0.4) is 0 Å². The first kappa shape index (κ1) is 10.5. The van der Waals surface area contributed by atoms with E-state index in [1.807, 2.05) is 0 Å². The monoisotopic (exact) mass is 187 g/mol. The highest BCUT2D eigenvalue weighted by Crippen LogP contribution is 2.14. The predicted octanol–water partition coefficient (Wildman–Crippen LogP) is -0.0900. The molecule has 1 atom stereocenters. The van der Waals surface area contributed by atoms with Crippen LogP contribution in [0, 0.1) is 5.92 Å². The van der Waals surface area contributed by atoms with Crippen molar-refractivity contribution < 1.29 is 14.6 Å². The van der Waals surface area contributed by atoms with Gasteiger partial charge in [0.1, 0.15) is 0 Å². The lowest BCUT2D eigenvalue weighted by Crippen LogP contribution is -2.37. The molecule has 0 saturated carbocycles. The Morgan fingerprint density at radius 3 is 2.77 bits per heavy atom. The quantitative estimate of drug-likeness (QED) is 0.649. The third-order valence-corrected chi connectivity index (χ3v) is 2.16. The lowest BCUT2D eigenvalue weighted by molar-refractivity contribution is -0.128. The smallest absolute Gasteiger partial charge is 0.223 e. The van der Waals surface area contributed by atoms with Crippen molar-refractivity contribution in [2.75, 3.05) is 19.8 Å². The molecule has 1 rings (SSSR count). The fraction of sp³-hybridized carbons (Fsp3) is 0.889. The largest absolute Gasteiger partial charge is 0.392 e. The fourth-order valence-corrected chi connectivity index (χ4v) is 1.35. The lowest BCUT2D eigenvalue weighted by atomic mass is 9.99. The molecule has 4 heteroatoms. The van der Waals surface area contributed by atoms with Gasteiger partial charge in [0.25, 0.3) is 0 Å². The van der Waals surface area contributed by atoms with Crippen molar-refractivity contribution >= 4 is 5.91 Å². The van der Waals surface area contributed by atoms with E-state index in [4.69, 9.17) is 9.84 Å². The zero-order valence-corrected chi connectivity index (χ0v) is 7.95. The van der Waals surface area contributed by atoms with E-state index < -0.39 is 6.10 Å². The molecule has 1 aliphatic heterocycles. The highest BCUT2D eigenvalue weighted by Gasteiger charge is 2.21. The van der Waals surface area contributed by atoms with Crippen molar-refractivity contribution in [3.8, 4) is 0 Å². The van der Waals surface area contributed by atoms with Crippen LogP contribution in [-0.2, 0) is 9.53 Å². The maximum atomic E-state index is 11.4. The number of nitrogens with one attached hydrogen (secondary N) is 1. The molecule has 4 nitrogen and oxygen atoms in total. The zero-order valence-electron chi connectivity index (χ0n) is 7.95. The Hall–Kier alpha value is -0.610. The average molecular weight is 187 g/mol. The van der Waals surface area contributed by atoms with E-state index in [1.165, 1.54) is 0 Å². The first-order valence-corrected chi connectivity index (χ1v) is 4.73.